The van der Waals surface area contributed by atoms with Crippen LogP contribution in [0.3, 0.4) is 0 Å². The van der Waals surface area contributed by atoms with Crippen molar-refractivity contribution in [3.63, 3.8) is 0 Å². The molecule has 0 fully saturated rings. The van der Waals surface area contributed by atoms with E-state index in [-0.39, 0.29) is 12.5 Å². The highest BCUT2D eigenvalue weighted by molar-refractivity contribution is 5.76. The Morgan fingerprint density at radius 3 is 2.65 bits per heavy atom. The van der Waals surface area contributed by atoms with Crippen LogP contribution in [0.25, 0.3) is 11.0 Å². The Balaban J connectivity index is 1.57. The molecule has 0 amide bonds. The molecule has 0 spiro atoms. The highest BCUT2D eigenvalue weighted by Gasteiger charge is 2.15. The molecule has 4 aromatic rings. The van der Waals surface area contributed by atoms with Gasteiger partial charge in [0.15, 0.2) is 0 Å². The van der Waals surface area contributed by atoms with E-state index >= 15 is 0 Å². The molecule has 1 atom stereocenters. The van der Waals surface area contributed by atoms with Crippen LogP contribution in [0.2, 0.25) is 0 Å². The topological polar surface area (TPSA) is 71.0 Å². The summed E-state index contributed by atoms with van der Waals surface area (Å²) in [6, 6.07) is 19.5. The van der Waals surface area contributed by atoms with E-state index in [0.717, 1.165) is 33.7 Å². The van der Waals surface area contributed by atoms with Crippen LogP contribution in [0.5, 0.6) is 5.75 Å². The number of aliphatic hydroxyl groups excluding tert-OH is 1. The number of aromatic amines is 1. The van der Waals surface area contributed by atoms with Crippen LogP contribution in [0.15, 0.2) is 73.1 Å². The van der Waals surface area contributed by atoms with Crippen molar-refractivity contribution in [2.75, 3.05) is 6.61 Å². The lowest BCUT2D eigenvalue weighted by atomic mass is 9.93. The zero-order valence-electron chi connectivity index (χ0n) is 14.2. The SMILES string of the molecule is OCC(c1cccnc1)c1ccc2nc(COc3ccccc3)[nH]c2c1. The number of nitrogens with one attached hydrogen (secondary N) is 1. The first-order valence-corrected chi connectivity index (χ1v) is 8.50. The van der Waals surface area contributed by atoms with Gasteiger partial charge in [-0.1, -0.05) is 30.3 Å². The van der Waals surface area contributed by atoms with Gasteiger partial charge < -0.3 is 14.8 Å². The van der Waals surface area contributed by atoms with Gasteiger partial charge in [-0.25, -0.2) is 4.98 Å². The molecule has 0 aliphatic rings. The van der Waals surface area contributed by atoms with Crippen molar-refractivity contribution in [2.24, 2.45) is 0 Å². The van der Waals surface area contributed by atoms with Crippen molar-refractivity contribution in [3.8, 4) is 5.75 Å². The second-order valence-electron chi connectivity index (χ2n) is 6.08. The molecule has 0 aliphatic heterocycles. The van der Waals surface area contributed by atoms with Crippen LogP contribution < -0.4 is 4.74 Å². The minimum Gasteiger partial charge on any atom is -0.486 e. The summed E-state index contributed by atoms with van der Waals surface area (Å²) in [5.74, 6) is 1.47. The van der Waals surface area contributed by atoms with Crippen LogP contribution in [-0.4, -0.2) is 26.7 Å². The quantitative estimate of drug-likeness (QED) is 0.559. The summed E-state index contributed by atoms with van der Waals surface area (Å²) in [7, 11) is 0. The van der Waals surface area contributed by atoms with Crippen LogP contribution in [0, 0.1) is 0 Å². The number of rotatable bonds is 6. The Hall–Kier alpha value is -3.18. The number of H-pyrrole nitrogens is 1. The number of fused-ring (bicyclic) bond motifs is 1. The lowest BCUT2D eigenvalue weighted by Gasteiger charge is -2.14. The van der Waals surface area contributed by atoms with Gasteiger partial charge in [-0.15, -0.1) is 0 Å². The Morgan fingerprint density at radius 2 is 1.88 bits per heavy atom. The number of benzene rings is 2. The number of imidazole rings is 1. The molecule has 5 nitrogen and oxygen atoms in total. The molecule has 0 aliphatic carbocycles. The average Bonchev–Trinajstić information content (AvgIpc) is 3.11. The predicted molar refractivity (Wildman–Crippen MR) is 100 cm³/mol. The van der Waals surface area contributed by atoms with Gasteiger partial charge in [-0.3, -0.25) is 4.98 Å². The van der Waals surface area contributed by atoms with Crippen molar-refractivity contribution in [3.05, 3.63) is 90.0 Å². The van der Waals surface area contributed by atoms with E-state index in [0.29, 0.717) is 6.61 Å². The van der Waals surface area contributed by atoms with Crippen molar-refractivity contribution in [1.82, 2.24) is 15.0 Å². The molecule has 0 radical (unpaired) electrons. The Bertz CT molecular complexity index is 984. The first kappa shape index (κ1) is 16.3. The van der Waals surface area contributed by atoms with Crippen molar-refractivity contribution >= 4 is 11.0 Å². The average molecular weight is 345 g/mol. The van der Waals surface area contributed by atoms with E-state index in [1.807, 2.05) is 60.7 Å². The molecule has 2 N–H and O–H groups in total. The fourth-order valence-corrected chi connectivity index (χ4v) is 3.02. The second kappa shape index (κ2) is 7.37. The molecule has 5 heteroatoms. The standard InChI is InChI=1S/C21H19N3O2/c25-13-18(16-5-4-10-22-12-16)15-8-9-19-20(11-15)24-21(23-19)14-26-17-6-2-1-3-7-17/h1-12,18,25H,13-14H2,(H,23,24). The molecular weight excluding hydrogens is 326 g/mol. The summed E-state index contributed by atoms with van der Waals surface area (Å²) in [5, 5.41) is 9.85. The molecule has 2 heterocycles. The molecule has 2 aromatic heterocycles. The zero-order valence-corrected chi connectivity index (χ0v) is 14.2. The third kappa shape index (κ3) is 3.43. The van der Waals surface area contributed by atoms with E-state index in [1.165, 1.54) is 0 Å². The van der Waals surface area contributed by atoms with Gasteiger partial charge in [0.1, 0.15) is 18.2 Å². The number of aromatic nitrogens is 3. The zero-order chi connectivity index (χ0) is 17.8. The number of aliphatic hydroxyl groups is 1. The van der Waals surface area contributed by atoms with Crippen LogP contribution >= 0.6 is 0 Å². The molecule has 0 saturated heterocycles. The Morgan fingerprint density at radius 1 is 1.00 bits per heavy atom. The summed E-state index contributed by atoms with van der Waals surface area (Å²) in [6.07, 6.45) is 3.52. The van der Waals surface area contributed by atoms with E-state index in [4.69, 9.17) is 4.74 Å². The van der Waals surface area contributed by atoms with E-state index < -0.39 is 0 Å². The highest BCUT2D eigenvalue weighted by atomic mass is 16.5. The molecule has 2 aromatic carbocycles. The summed E-state index contributed by atoms with van der Waals surface area (Å²) in [6.45, 7) is 0.398. The third-order valence-corrected chi connectivity index (χ3v) is 4.35. The van der Waals surface area contributed by atoms with E-state index in [2.05, 4.69) is 15.0 Å². The van der Waals surface area contributed by atoms with Gasteiger partial charge in [0, 0.05) is 18.3 Å². The molecule has 0 bridgehead atoms. The van der Waals surface area contributed by atoms with Gasteiger partial charge in [-0.2, -0.15) is 0 Å². The molecule has 130 valence electrons. The third-order valence-electron chi connectivity index (χ3n) is 4.35. The highest BCUT2D eigenvalue weighted by Crippen LogP contribution is 2.26. The Labute approximate surface area is 151 Å². The largest absolute Gasteiger partial charge is 0.486 e. The maximum Gasteiger partial charge on any atom is 0.146 e. The molecule has 26 heavy (non-hydrogen) atoms. The molecule has 4 rings (SSSR count). The minimum absolute atomic E-state index is 0.0231. The first-order chi connectivity index (χ1) is 12.8. The van der Waals surface area contributed by atoms with Gasteiger partial charge >= 0.3 is 0 Å². The molecular formula is C21H19N3O2. The van der Waals surface area contributed by atoms with Crippen LogP contribution in [-0.2, 0) is 6.61 Å². The first-order valence-electron chi connectivity index (χ1n) is 8.50. The molecule has 0 saturated carbocycles. The lowest BCUT2D eigenvalue weighted by molar-refractivity contribution is 0.280. The summed E-state index contributed by atoms with van der Waals surface area (Å²) in [5.41, 5.74) is 3.81. The maximum atomic E-state index is 9.85. The fourth-order valence-electron chi connectivity index (χ4n) is 3.02. The monoisotopic (exact) mass is 345 g/mol. The number of pyridine rings is 1. The minimum atomic E-state index is -0.111. The van der Waals surface area contributed by atoms with Crippen molar-refractivity contribution in [1.29, 1.82) is 0 Å². The van der Waals surface area contributed by atoms with E-state index in [9.17, 15) is 5.11 Å². The van der Waals surface area contributed by atoms with Gasteiger partial charge in [-0.05, 0) is 41.5 Å². The molecule has 1 unspecified atom stereocenters. The summed E-state index contributed by atoms with van der Waals surface area (Å²) >= 11 is 0. The van der Waals surface area contributed by atoms with Crippen LogP contribution in [0.1, 0.15) is 22.9 Å². The van der Waals surface area contributed by atoms with Crippen molar-refractivity contribution < 1.29 is 9.84 Å². The number of hydrogen-bond donors (Lipinski definition) is 2. The smallest absolute Gasteiger partial charge is 0.146 e. The second-order valence-corrected chi connectivity index (χ2v) is 6.08. The number of para-hydroxylation sites is 1. The van der Waals surface area contributed by atoms with Crippen molar-refractivity contribution in [2.45, 2.75) is 12.5 Å². The van der Waals surface area contributed by atoms with E-state index in [1.54, 1.807) is 12.4 Å². The maximum absolute atomic E-state index is 9.85. The lowest BCUT2D eigenvalue weighted by Crippen LogP contribution is -2.06. The summed E-state index contributed by atoms with van der Waals surface area (Å²) in [4.78, 5) is 12.0. The Kier molecular flexibility index (Phi) is 4.62. The number of ether oxygens (including phenoxy) is 1. The van der Waals surface area contributed by atoms with Gasteiger partial charge in [0.25, 0.3) is 0 Å². The number of hydrogen-bond acceptors (Lipinski definition) is 4. The summed E-state index contributed by atoms with van der Waals surface area (Å²) < 4.78 is 5.75. The van der Waals surface area contributed by atoms with Gasteiger partial charge in [0.2, 0.25) is 0 Å². The van der Waals surface area contributed by atoms with Crippen LogP contribution in [0.4, 0.5) is 0 Å². The fraction of sp³-hybridized carbons (Fsp3) is 0.143. The predicted octanol–water partition coefficient (Wildman–Crippen LogP) is 3.66. The van der Waals surface area contributed by atoms with Gasteiger partial charge in [0.05, 0.1) is 17.6 Å². The normalized spacial score (nSPS) is 12.2. The number of nitrogens with zero attached hydrogens (tertiary/aromatic N) is 2.